The van der Waals surface area contributed by atoms with Crippen LogP contribution in [0.25, 0.3) is 10.9 Å². The fourth-order valence-electron chi connectivity index (χ4n) is 2.61. The zero-order valence-electron chi connectivity index (χ0n) is 10.4. The monoisotopic (exact) mass is 264 g/mol. The molecule has 3 rings (SSSR count). The highest BCUT2D eigenvalue weighted by molar-refractivity contribution is 6.31. The lowest BCUT2D eigenvalue weighted by Crippen LogP contribution is -2.16. The normalized spacial score (nSPS) is 21.1. The van der Waals surface area contributed by atoms with Gasteiger partial charge in [-0.1, -0.05) is 17.7 Å². The molecule has 0 radical (unpaired) electrons. The van der Waals surface area contributed by atoms with Gasteiger partial charge in [-0.2, -0.15) is 0 Å². The number of halogens is 1. The highest BCUT2D eigenvalue weighted by atomic mass is 35.5. The molecule has 3 nitrogen and oxygen atoms in total. The van der Waals surface area contributed by atoms with E-state index in [4.69, 9.17) is 16.3 Å². The van der Waals surface area contributed by atoms with Crippen molar-refractivity contribution in [3.05, 3.63) is 35.0 Å². The number of fused-ring (bicyclic) bond motifs is 1. The second kappa shape index (κ2) is 4.92. The van der Waals surface area contributed by atoms with Gasteiger partial charge in [-0.3, -0.25) is 0 Å². The van der Waals surface area contributed by atoms with E-state index < -0.39 is 0 Å². The van der Waals surface area contributed by atoms with E-state index in [0.717, 1.165) is 31.1 Å². The minimum atomic E-state index is 0.185. The molecule has 1 N–H and O–H groups in total. The van der Waals surface area contributed by atoms with Gasteiger partial charge in [0.15, 0.2) is 0 Å². The van der Waals surface area contributed by atoms with E-state index in [1.165, 1.54) is 16.5 Å². The molecule has 4 heteroatoms. The van der Waals surface area contributed by atoms with Gasteiger partial charge in [0.05, 0.1) is 12.7 Å². The van der Waals surface area contributed by atoms with E-state index in [1.807, 2.05) is 12.1 Å². The Morgan fingerprint density at radius 2 is 2.28 bits per heavy atom. The SMILES string of the molecule is Cn1cc(C2CCNCCO2)c2ccc(Cl)cc21. The molecule has 0 bridgehead atoms. The van der Waals surface area contributed by atoms with Crippen LogP contribution in [0.2, 0.25) is 5.02 Å². The maximum absolute atomic E-state index is 6.06. The first-order valence-electron chi connectivity index (χ1n) is 6.32. The van der Waals surface area contributed by atoms with Crippen molar-refractivity contribution in [2.45, 2.75) is 12.5 Å². The molecule has 1 saturated heterocycles. The Kier molecular flexibility index (Phi) is 3.29. The van der Waals surface area contributed by atoms with Crippen molar-refractivity contribution in [1.82, 2.24) is 9.88 Å². The molecule has 0 aliphatic carbocycles. The third-order valence-electron chi connectivity index (χ3n) is 3.51. The van der Waals surface area contributed by atoms with Gasteiger partial charge in [0.1, 0.15) is 0 Å². The number of aromatic nitrogens is 1. The van der Waals surface area contributed by atoms with Crippen LogP contribution in [0.3, 0.4) is 0 Å². The number of nitrogens with one attached hydrogen (secondary N) is 1. The minimum absolute atomic E-state index is 0.185. The molecule has 18 heavy (non-hydrogen) atoms. The number of benzene rings is 1. The standard InChI is InChI=1S/C14H17ClN2O/c1-17-9-12(14-4-5-16-6-7-18-14)11-3-2-10(15)8-13(11)17/h2-3,8-9,14,16H,4-7H2,1H3. The quantitative estimate of drug-likeness (QED) is 0.857. The van der Waals surface area contributed by atoms with Crippen LogP contribution in [0.1, 0.15) is 18.1 Å². The summed E-state index contributed by atoms with van der Waals surface area (Å²) >= 11 is 6.06. The lowest BCUT2D eigenvalue weighted by molar-refractivity contribution is 0.0653. The van der Waals surface area contributed by atoms with E-state index in [9.17, 15) is 0 Å². The molecule has 2 heterocycles. The summed E-state index contributed by atoms with van der Waals surface area (Å²) in [7, 11) is 2.05. The predicted octanol–water partition coefficient (Wildman–Crippen LogP) is 2.88. The number of ether oxygens (including phenoxy) is 1. The van der Waals surface area contributed by atoms with Crippen LogP contribution in [-0.2, 0) is 11.8 Å². The van der Waals surface area contributed by atoms with E-state index in [-0.39, 0.29) is 6.10 Å². The fraction of sp³-hybridized carbons (Fsp3) is 0.429. The Balaban J connectivity index is 2.05. The molecular weight excluding hydrogens is 248 g/mol. The molecule has 1 aliphatic heterocycles. The van der Waals surface area contributed by atoms with Crippen molar-refractivity contribution in [3.8, 4) is 0 Å². The average Bonchev–Trinajstić information content (AvgIpc) is 2.58. The minimum Gasteiger partial charge on any atom is -0.372 e. The smallest absolute Gasteiger partial charge is 0.0858 e. The van der Waals surface area contributed by atoms with Gasteiger partial charge < -0.3 is 14.6 Å². The van der Waals surface area contributed by atoms with Crippen LogP contribution in [0.15, 0.2) is 24.4 Å². The molecule has 1 aromatic heterocycles. The van der Waals surface area contributed by atoms with E-state index in [2.05, 4.69) is 29.2 Å². The van der Waals surface area contributed by atoms with Gasteiger partial charge in [0.25, 0.3) is 0 Å². The molecule has 2 aromatic rings. The van der Waals surface area contributed by atoms with Crippen LogP contribution in [0.5, 0.6) is 0 Å². The van der Waals surface area contributed by atoms with Gasteiger partial charge in [0, 0.05) is 41.3 Å². The molecule has 96 valence electrons. The average molecular weight is 265 g/mol. The van der Waals surface area contributed by atoms with Crippen LogP contribution in [0, 0.1) is 0 Å². The lowest BCUT2D eigenvalue weighted by atomic mass is 10.1. The fourth-order valence-corrected chi connectivity index (χ4v) is 2.77. The number of rotatable bonds is 1. The van der Waals surface area contributed by atoms with Gasteiger partial charge in [-0.05, 0) is 25.1 Å². The van der Waals surface area contributed by atoms with Gasteiger partial charge in [-0.15, -0.1) is 0 Å². The van der Waals surface area contributed by atoms with Crippen molar-refractivity contribution in [2.75, 3.05) is 19.7 Å². The van der Waals surface area contributed by atoms with E-state index in [0.29, 0.717) is 0 Å². The number of aryl methyl sites for hydroxylation is 1. The first-order chi connectivity index (χ1) is 8.75. The lowest BCUT2D eigenvalue weighted by Gasteiger charge is -2.13. The van der Waals surface area contributed by atoms with Crippen molar-refractivity contribution < 1.29 is 4.74 Å². The molecule has 1 unspecified atom stereocenters. The summed E-state index contributed by atoms with van der Waals surface area (Å²) in [6.07, 6.45) is 3.36. The zero-order chi connectivity index (χ0) is 12.5. The summed E-state index contributed by atoms with van der Waals surface area (Å²) in [5, 5.41) is 5.38. The summed E-state index contributed by atoms with van der Waals surface area (Å²) in [6.45, 7) is 2.72. The molecule has 1 fully saturated rings. The van der Waals surface area contributed by atoms with Crippen molar-refractivity contribution >= 4 is 22.5 Å². The summed E-state index contributed by atoms with van der Waals surface area (Å²) in [5.41, 5.74) is 2.44. The molecule has 0 amide bonds. The summed E-state index contributed by atoms with van der Waals surface area (Å²) in [6, 6.07) is 6.05. The van der Waals surface area contributed by atoms with E-state index in [1.54, 1.807) is 0 Å². The van der Waals surface area contributed by atoms with E-state index >= 15 is 0 Å². The Labute approximate surface area is 112 Å². The Morgan fingerprint density at radius 3 is 3.17 bits per heavy atom. The van der Waals surface area contributed by atoms with Crippen LogP contribution in [0.4, 0.5) is 0 Å². The largest absolute Gasteiger partial charge is 0.372 e. The van der Waals surface area contributed by atoms with Gasteiger partial charge >= 0.3 is 0 Å². The Bertz CT molecular complexity index is 556. The van der Waals surface area contributed by atoms with Crippen molar-refractivity contribution in [3.63, 3.8) is 0 Å². The van der Waals surface area contributed by atoms with Gasteiger partial charge in [-0.25, -0.2) is 0 Å². The molecule has 1 aliphatic rings. The highest BCUT2D eigenvalue weighted by Crippen LogP contribution is 2.32. The Hall–Kier alpha value is -1.03. The molecular formula is C14H17ClN2O. The second-order valence-corrected chi connectivity index (χ2v) is 5.19. The van der Waals surface area contributed by atoms with Gasteiger partial charge in [0.2, 0.25) is 0 Å². The van der Waals surface area contributed by atoms with Crippen LogP contribution < -0.4 is 5.32 Å². The topological polar surface area (TPSA) is 26.2 Å². The maximum atomic E-state index is 6.06. The molecule has 1 atom stereocenters. The second-order valence-electron chi connectivity index (χ2n) is 4.75. The summed E-state index contributed by atoms with van der Waals surface area (Å²) in [4.78, 5) is 0. The molecule has 0 saturated carbocycles. The summed E-state index contributed by atoms with van der Waals surface area (Å²) < 4.78 is 8.06. The number of nitrogens with zero attached hydrogens (tertiary/aromatic N) is 1. The highest BCUT2D eigenvalue weighted by Gasteiger charge is 2.19. The zero-order valence-corrected chi connectivity index (χ0v) is 11.2. The maximum Gasteiger partial charge on any atom is 0.0858 e. The van der Waals surface area contributed by atoms with Crippen molar-refractivity contribution in [2.24, 2.45) is 7.05 Å². The predicted molar refractivity (Wildman–Crippen MR) is 74.1 cm³/mol. The first-order valence-corrected chi connectivity index (χ1v) is 6.70. The third kappa shape index (κ3) is 2.14. The number of hydrogen-bond acceptors (Lipinski definition) is 2. The molecule has 0 spiro atoms. The summed E-state index contributed by atoms with van der Waals surface area (Å²) in [5.74, 6) is 0. The van der Waals surface area contributed by atoms with Crippen LogP contribution >= 0.6 is 11.6 Å². The molecule has 1 aromatic carbocycles. The Morgan fingerprint density at radius 1 is 1.39 bits per heavy atom. The number of hydrogen-bond donors (Lipinski definition) is 1. The van der Waals surface area contributed by atoms with Crippen molar-refractivity contribution in [1.29, 1.82) is 0 Å². The third-order valence-corrected chi connectivity index (χ3v) is 3.75. The first kappa shape index (κ1) is 12.0. The van der Waals surface area contributed by atoms with Crippen LogP contribution in [-0.4, -0.2) is 24.3 Å².